The summed E-state index contributed by atoms with van der Waals surface area (Å²) < 4.78 is 9.39. The Morgan fingerprint density at radius 2 is 2.00 bits per heavy atom. The lowest BCUT2D eigenvalue weighted by Crippen LogP contribution is -2.21. The highest BCUT2D eigenvalue weighted by molar-refractivity contribution is 5.73. The standard InChI is InChI=1S/C7H14O2.C6H10O4/c1-2-3-4-5-6-7(8)9;1-4(7)6(8)10-3-5-2-9-5/h2-6H2,1H3,(H,8,9);4-5,7H,2-3H2,1H3. The molecule has 2 atom stereocenters. The number of epoxide rings is 1. The zero-order valence-corrected chi connectivity index (χ0v) is 11.6. The van der Waals surface area contributed by atoms with Crippen LogP contribution in [-0.4, -0.2) is 47.6 Å². The van der Waals surface area contributed by atoms with Gasteiger partial charge in [-0.3, -0.25) is 4.79 Å². The maximum Gasteiger partial charge on any atom is 0.334 e. The van der Waals surface area contributed by atoms with Gasteiger partial charge in [-0.25, -0.2) is 4.79 Å². The highest BCUT2D eigenvalue weighted by Crippen LogP contribution is 2.08. The number of hydrogen-bond donors (Lipinski definition) is 2. The third-order valence-corrected chi connectivity index (χ3v) is 2.40. The molecule has 2 N–H and O–H groups in total. The molecule has 0 amide bonds. The third-order valence-electron chi connectivity index (χ3n) is 2.40. The van der Waals surface area contributed by atoms with Crippen molar-refractivity contribution in [2.24, 2.45) is 0 Å². The van der Waals surface area contributed by atoms with E-state index in [9.17, 15) is 9.59 Å². The number of aliphatic carboxylic acids is 1. The van der Waals surface area contributed by atoms with Crippen LogP contribution in [-0.2, 0) is 19.1 Å². The minimum absolute atomic E-state index is 0.0719. The van der Waals surface area contributed by atoms with Gasteiger partial charge >= 0.3 is 11.9 Å². The van der Waals surface area contributed by atoms with Crippen LogP contribution in [0.15, 0.2) is 0 Å². The molecule has 0 bridgehead atoms. The number of unbranched alkanes of at least 4 members (excludes halogenated alkanes) is 3. The van der Waals surface area contributed by atoms with E-state index in [4.69, 9.17) is 14.9 Å². The smallest absolute Gasteiger partial charge is 0.334 e. The quantitative estimate of drug-likeness (QED) is 0.394. The number of carbonyl (C=O) groups excluding carboxylic acids is 1. The average Bonchev–Trinajstić information content (AvgIpc) is 3.16. The average molecular weight is 276 g/mol. The first kappa shape index (κ1) is 17.9. The maximum atomic E-state index is 10.5. The largest absolute Gasteiger partial charge is 0.481 e. The summed E-state index contributed by atoms with van der Waals surface area (Å²) in [7, 11) is 0. The summed E-state index contributed by atoms with van der Waals surface area (Å²) in [5, 5.41) is 16.9. The summed E-state index contributed by atoms with van der Waals surface area (Å²) in [6, 6.07) is 0. The molecule has 0 aromatic rings. The fourth-order valence-electron chi connectivity index (χ4n) is 1.16. The molecule has 0 aromatic heterocycles. The lowest BCUT2D eigenvalue weighted by atomic mass is 10.2. The first-order chi connectivity index (χ1) is 8.97. The second-order valence-electron chi connectivity index (χ2n) is 4.47. The predicted octanol–water partition coefficient (Wildman–Crippen LogP) is 1.35. The Morgan fingerprint density at radius 3 is 2.42 bits per heavy atom. The van der Waals surface area contributed by atoms with Crippen LogP contribution in [0, 0.1) is 0 Å². The number of aliphatic hydroxyl groups excluding tert-OH is 1. The second kappa shape index (κ2) is 10.8. The van der Waals surface area contributed by atoms with Crippen molar-refractivity contribution >= 4 is 11.9 Å². The molecule has 1 aliphatic heterocycles. The van der Waals surface area contributed by atoms with Crippen molar-refractivity contribution in [1.82, 2.24) is 0 Å². The van der Waals surface area contributed by atoms with Crippen LogP contribution in [0.5, 0.6) is 0 Å². The van der Waals surface area contributed by atoms with E-state index < -0.39 is 18.0 Å². The molecule has 1 fully saturated rings. The van der Waals surface area contributed by atoms with Crippen LogP contribution in [0.1, 0.15) is 46.0 Å². The van der Waals surface area contributed by atoms with Crippen molar-refractivity contribution in [3.63, 3.8) is 0 Å². The molecule has 0 saturated carbocycles. The summed E-state index contributed by atoms with van der Waals surface area (Å²) in [5.41, 5.74) is 0. The van der Waals surface area contributed by atoms with Crippen LogP contribution >= 0.6 is 0 Å². The topological polar surface area (TPSA) is 96.4 Å². The number of carbonyl (C=O) groups is 2. The van der Waals surface area contributed by atoms with Gasteiger partial charge in [0.05, 0.1) is 6.61 Å². The number of rotatable bonds is 8. The molecule has 0 aliphatic carbocycles. The Morgan fingerprint density at radius 1 is 1.37 bits per heavy atom. The zero-order valence-electron chi connectivity index (χ0n) is 11.6. The molecule has 6 heteroatoms. The summed E-state index contributed by atoms with van der Waals surface area (Å²) in [4.78, 5) is 20.5. The van der Waals surface area contributed by atoms with Gasteiger partial charge in [0, 0.05) is 6.42 Å². The van der Waals surface area contributed by atoms with Crippen molar-refractivity contribution in [1.29, 1.82) is 0 Å². The van der Waals surface area contributed by atoms with Crippen LogP contribution in [0.25, 0.3) is 0 Å². The molecule has 19 heavy (non-hydrogen) atoms. The third kappa shape index (κ3) is 13.1. The number of carboxylic acids is 1. The van der Waals surface area contributed by atoms with Crippen molar-refractivity contribution in [2.45, 2.75) is 58.2 Å². The van der Waals surface area contributed by atoms with Crippen molar-refractivity contribution in [3.8, 4) is 0 Å². The molecule has 0 aromatic carbocycles. The van der Waals surface area contributed by atoms with Crippen molar-refractivity contribution in [3.05, 3.63) is 0 Å². The Labute approximate surface area is 113 Å². The van der Waals surface area contributed by atoms with Gasteiger partial charge in [-0.15, -0.1) is 0 Å². The van der Waals surface area contributed by atoms with Gasteiger partial charge < -0.3 is 19.7 Å². The van der Waals surface area contributed by atoms with E-state index in [-0.39, 0.29) is 12.7 Å². The fourth-order valence-corrected chi connectivity index (χ4v) is 1.16. The summed E-state index contributed by atoms with van der Waals surface area (Å²) in [5.74, 6) is -1.26. The number of esters is 1. The first-order valence-corrected chi connectivity index (χ1v) is 6.65. The van der Waals surface area contributed by atoms with Crippen LogP contribution < -0.4 is 0 Å². The second-order valence-corrected chi connectivity index (χ2v) is 4.47. The van der Waals surface area contributed by atoms with E-state index in [1.807, 2.05) is 0 Å². The molecule has 0 spiro atoms. The molecule has 1 saturated heterocycles. The molecule has 2 unspecified atom stereocenters. The van der Waals surface area contributed by atoms with E-state index in [0.717, 1.165) is 19.3 Å². The minimum Gasteiger partial charge on any atom is -0.481 e. The molecule has 6 nitrogen and oxygen atoms in total. The predicted molar refractivity (Wildman–Crippen MR) is 68.8 cm³/mol. The molecule has 1 aliphatic rings. The molecule has 0 radical (unpaired) electrons. The van der Waals surface area contributed by atoms with E-state index in [1.165, 1.54) is 13.3 Å². The summed E-state index contributed by atoms with van der Waals surface area (Å²) >= 11 is 0. The highest BCUT2D eigenvalue weighted by atomic mass is 16.6. The molecule has 1 heterocycles. The Hall–Kier alpha value is -1.14. The molecule has 1 rings (SSSR count). The van der Waals surface area contributed by atoms with E-state index in [2.05, 4.69) is 11.7 Å². The SMILES string of the molecule is CC(O)C(=O)OCC1CO1.CCCCCCC(=O)O. The lowest BCUT2D eigenvalue weighted by molar-refractivity contribution is -0.153. The number of aliphatic hydroxyl groups is 1. The van der Waals surface area contributed by atoms with Gasteiger partial charge in [-0.05, 0) is 13.3 Å². The van der Waals surface area contributed by atoms with Gasteiger partial charge in [-0.2, -0.15) is 0 Å². The number of carboxylic acid groups (broad SMARTS) is 1. The molecular formula is C13H24O6. The van der Waals surface area contributed by atoms with E-state index in [1.54, 1.807) is 0 Å². The zero-order chi connectivity index (χ0) is 14.7. The van der Waals surface area contributed by atoms with E-state index >= 15 is 0 Å². The number of ether oxygens (including phenoxy) is 2. The van der Waals surface area contributed by atoms with Crippen LogP contribution in [0.3, 0.4) is 0 Å². The van der Waals surface area contributed by atoms with Crippen molar-refractivity contribution in [2.75, 3.05) is 13.2 Å². The number of hydrogen-bond acceptors (Lipinski definition) is 5. The summed E-state index contributed by atoms with van der Waals surface area (Å²) in [6.45, 7) is 4.41. The lowest BCUT2D eigenvalue weighted by Gasteiger charge is -2.03. The summed E-state index contributed by atoms with van der Waals surface area (Å²) in [6.07, 6.45) is 3.60. The van der Waals surface area contributed by atoms with Gasteiger partial charge in [0.15, 0.2) is 0 Å². The molecular weight excluding hydrogens is 252 g/mol. The van der Waals surface area contributed by atoms with Gasteiger partial charge in [0.1, 0.15) is 18.8 Å². The van der Waals surface area contributed by atoms with Crippen LogP contribution in [0.2, 0.25) is 0 Å². The van der Waals surface area contributed by atoms with Gasteiger partial charge in [0.25, 0.3) is 0 Å². The Balaban J connectivity index is 0.000000344. The Kier molecular flexibility index (Phi) is 10.1. The van der Waals surface area contributed by atoms with Crippen LogP contribution in [0.4, 0.5) is 0 Å². The maximum absolute atomic E-state index is 10.5. The fraction of sp³-hybridized carbons (Fsp3) is 0.846. The first-order valence-electron chi connectivity index (χ1n) is 6.65. The molecule has 112 valence electrons. The normalized spacial score (nSPS) is 17.9. The van der Waals surface area contributed by atoms with Gasteiger partial charge in [-0.1, -0.05) is 26.2 Å². The van der Waals surface area contributed by atoms with Gasteiger partial charge in [0.2, 0.25) is 0 Å². The Bertz CT molecular complexity index is 260. The van der Waals surface area contributed by atoms with Crippen molar-refractivity contribution < 1.29 is 29.3 Å². The monoisotopic (exact) mass is 276 g/mol. The minimum atomic E-state index is -1.03. The van der Waals surface area contributed by atoms with E-state index in [0.29, 0.717) is 13.0 Å². The highest BCUT2D eigenvalue weighted by Gasteiger charge is 2.24.